The summed E-state index contributed by atoms with van der Waals surface area (Å²) in [5, 5.41) is 0. The molecule has 5 heteroatoms. The van der Waals surface area contributed by atoms with Crippen LogP contribution in [0.5, 0.6) is 0 Å². The molecule has 0 unspecified atom stereocenters. The van der Waals surface area contributed by atoms with Crippen molar-refractivity contribution < 1.29 is 14.4 Å². The van der Waals surface area contributed by atoms with Gasteiger partial charge in [0.15, 0.2) is 0 Å². The molecule has 1 saturated heterocycles. The number of hydrogen-bond acceptors (Lipinski definition) is 3. The van der Waals surface area contributed by atoms with Crippen LogP contribution in [0.1, 0.15) is 33.6 Å². The number of piperidine rings is 1. The zero-order valence-corrected chi connectivity index (χ0v) is 15.2. The van der Waals surface area contributed by atoms with E-state index in [1.54, 1.807) is 35.2 Å². The summed E-state index contributed by atoms with van der Waals surface area (Å²) in [4.78, 5) is 39.1. The maximum atomic E-state index is 12.5. The van der Waals surface area contributed by atoms with Crippen molar-refractivity contribution in [2.45, 2.75) is 12.8 Å². The molecule has 1 fully saturated rings. The molecule has 1 amide bonds. The number of halogens is 1. The van der Waals surface area contributed by atoms with Crippen LogP contribution in [0.4, 0.5) is 0 Å². The van der Waals surface area contributed by atoms with Crippen LogP contribution in [-0.4, -0.2) is 35.5 Å². The molecular weight excluding hydrogens is 382 g/mol. The Morgan fingerprint density at radius 3 is 2.16 bits per heavy atom. The summed E-state index contributed by atoms with van der Waals surface area (Å²) in [7, 11) is 0. The molecule has 3 rings (SSSR count). The predicted octanol–water partition coefficient (Wildman–Crippen LogP) is 3.75. The van der Waals surface area contributed by atoms with Crippen LogP contribution in [0.25, 0.3) is 0 Å². The van der Waals surface area contributed by atoms with Gasteiger partial charge in [0.05, 0.1) is 0 Å². The standard InChI is InChI=1S/C20H18BrNO3/c21-17-8-4-7-16(13-17)19(24)18(23)14-9-11-22(12-10-14)20(25)15-5-2-1-3-6-15/h1-8,13-14H,9-12H2. The lowest BCUT2D eigenvalue weighted by molar-refractivity contribution is -0.119. The highest BCUT2D eigenvalue weighted by atomic mass is 79.9. The number of nitrogens with zero attached hydrogens (tertiary/aromatic N) is 1. The van der Waals surface area contributed by atoms with Gasteiger partial charge >= 0.3 is 0 Å². The summed E-state index contributed by atoms with van der Waals surface area (Å²) in [6.07, 6.45) is 1.05. The lowest BCUT2D eigenvalue weighted by Gasteiger charge is -2.31. The minimum absolute atomic E-state index is 0.0233. The normalized spacial score (nSPS) is 15.0. The highest BCUT2D eigenvalue weighted by Gasteiger charge is 2.31. The van der Waals surface area contributed by atoms with Crippen LogP contribution in [0.15, 0.2) is 59.1 Å². The zero-order chi connectivity index (χ0) is 17.8. The molecule has 0 aromatic heterocycles. The van der Waals surface area contributed by atoms with E-state index >= 15 is 0 Å². The fraction of sp³-hybridized carbons (Fsp3) is 0.250. The van der Waals surface area contributed by atoms with E-state index in [4.69, 9.17) is 0 Å². The molecule has 0 atom stereocenters. The third-order valence-corrected chi connectivity index (χ3v) is 4.98. The largest absolute Gasteiger partial charge is 0.339 e. The molecule has 2 aromatic rings. The summed E-state index contributed by atoms with van der Waals surface area (Å²) in [6.45, 7) is 0.992. The van der Waals surface area contributed by atoms with E-state index in [1.165, 1.54) is 0 Å². The van der Waals surface area contributed by atoms with E-state index in [1.807, 2.05) is 24.3 Å². The monoisotopic (exact) mass is 399 g/mol. The van der Waals surface area contributed by atoms with Crippen LogP contribution >= 0.6 is 15.9 Å². The minimum Gasteiger partial charge on any atom is -0.339 e. The van der Waals surface area contributed by atoms with Gasteiger partial charge < -0.3 is 4.90 Å². The number of amides is 1. The first kappa shape index (κ1) is 17.5. The van der Waals surface area contributed by atoms with Crippen molar-refractivity contribution in [1.29, 1.82) is 0 Å². The maximum Gasteiger partial charge on any atom is 0.253 e. The third-order valence-electron chi connectivity index (χ3n) is 4.48. The Morgan fingerprint density at radius 1 is 0.880 bits per heavy atom. The quantitative estimate of drug-likeness (QED) is 0.580. The van der Waals surface area contributed by atoms with Crippen molar-refractivity contribution >= 4 is 33.4 Å². The van der Waals surface area contributed by atoms with Gasteiger partial charge in [-0.25, -0.2) is 0 Å². The van der Waals surface area contributed by atoms with E-state index in [-0.39, 0.29) is 17.6 Å². The number of hydrogen-bond donors (Lipinski definition) is 0. The molecule has 0 N–H and O–H groups in total. The Morgan fingerprint density at radius 2 is 1.52 bits per heavy atom. The van der Waals surface area contributed by atoms with Gasteiger partial charge in [-0.3, -0.25) is 14.4 Å². The van der Waals surface area contributed by atoms with Gasteiger partial charge in [0, 0.05) is 34.6 Å². The maximum absolute atomic E-state index is 12.5. The predicted molar refractivity (Wildman–Crippen MR) is 98.5 cm³/mol. The zero-order valence-electron chi connectivity index (χ0n) is 13.7. The summed E-state index contributed by atoms with van der Waals surface area (Å²) >= 11 is 3.31. The number of carbonyl (C=O) groups excluding carboxylic acids is 3. The first-order valence-electron chi connectivity index (χ1n) is 8.24. The van der Waals surface area contributed by atoms with E-state index in [0.717, 1.165) is 4.47 Å². The fourth-order valence-corrected chi connectivity index (χ4v) is 3.46. The number of likely N-dealkylation sites (tertiary alicyclic amines) is 1. The Labute approximate surface area is 155 Å². The van der Waals surface area contributed by atoms with E-state index in [9.17, 15) is 14.4 Å². The smallest absolute Gasteiger partial charge is 0.253 e. The second kappa shape index (κ2) is 7.74. The average Bonchev–Trinajstić information content (AvgIpc) is 2.67. The molecule has 0 radical (unpaired) electrons. The number of benzene rings is 2. The van der Waals surface area contributed by atoms with Crippen LogP contribution in [0, 0.1) is 5.92 Å². The first-order chi connectivity index (χ1) is 12.1. The molecule has 4 nitrogen and oxygen atoms in total. The number of rotatable bonds is 4. The third kappa shape index (κ3) is 4.04. The van der Waals surface area contributed by atoms with Crippen LogP contribution in [0.2, 0.25) is 0 Å². The SMILES string of the molecule is O=C(C(=O)C1CCN(C(=O)c2ccccc2)CC1)c1cccc(Br)c1. The lowest BCUT2D eigenvalue weighted by atomic mass is 9.88. The summed E-state index contributed by atoms with van der Waals surface area (Å²) in [5.74, 6) is -1.14. The van der Waals surface area contributed by atoms with Crippen molar-refractivity contribution in [3.8, 4) is 0 Å². The Bertz CT molecular complexity index is 796. The van der Waals surface area contributed by atoms with Crippen LogP contribution in [-0.2, 0) is 4.79 Å². The van der Waals surface area contributed by atoms with Crippen molar-refractivity contribution in [2.24, 2.45) is 5.92 Å². The van der Waals surface area contributed by atoms with E-state index < -0.39 is 5.78 Å². The Balaban J connectivity index is 1.61. The van der Waals surface area contributed by atoms with Crippen LogP contribution in [0.3, 0.4) is 0 Å². The summed E-state index contributed by atoms with van der Waals surface area (Å²) < 4.78 is 0.773. The number of carbonyl (C=O) groups is 3. The molecule has 25 heavy (non-hydrogen) atoms. The van der Waals surface area contributed by atoms with Crippen molar-refractivity contribution in [1.82, 2.24) is 4.90 Å². The molecule has 2 aromatic carbocycles. The van der Waals surface area contributed by atoms with E-state index in [0.29, 0.717) is 37.1 Å². The van der Waals surface area contributed by atoms with Gasteiger partial charge in [0.25, 0.3) is 5.91 Å². The summed E-state index contributed by atoms with van der Waals surface area (Å²) in [5.41, 5.74) is 1.06. The van der Waals surface area contributed by atoms with Gasteiger partial charge in [-0.1, -0.05) is 46.3 Å². The fourth-order valence-electron chi connectivity index (χ4n) is 3.07. The number of ketones is 2. The Kier molecular flexibility index (Phi) is 5.43. The first-order valence-corrected chi connectivity index (χ1v) is 9.04. The van der Waals surface area contributed by atoms with Gasteiger partial charge in [0.2, 0.25) is 11.6 Å². The van der Waals surface area contributed by atoms with Crippen molar-refractivity contribution in [2.75, 3.05) is 13.1 Å². The highest BCUT2D eigenvalue weighted by Crippen LogP contribution is 2.22. The molecule has 0 aliphatic carbocycles. The minimum atomic E-state index is -0.450. The second-order valence-corrected chi connectivity index (χ2v) is 7.05. The Hall–Kier alpha value is -2.27. The molecule has 1 heterocycles. The van der Waals surface area contributed by atoms with Gasteiger partial charge in [-0.15, -0.1) is 0 Å². The van der Waals surface area contributed by atoms with Gasteiger partial charge in [0.1, 0.15) is 0 Å². The highest BCUT2D eigenvalue weighted by molar-refractivity contribution is 9.10. The average molecular weight is 400 g/mol. The van der Waals surface area contributed by atoms with Crippen molar-refractivity contribution in [3.05, 3.63) is 70.2 Å². The lowest BCUT2D eigenvalue weighted by Crippen LogP contribution is -2.41. The molecule has 0 spiro atoms. The summed E-state index contributed by atoms with van der Waals surface area (Å²) in [6, 6.07) is 16.0. The number of Topliss-reactive ketones (excluding diaryl/α,β-unsaturated/α-hetero) is 2. The molecule has 0 saturated carbocycles. The van der Waals surface area contributed by atoms with Crippen LogP contribution < -0.4 is 0 Å². The van der Waals surface area contributed by atoms with Gasteiger partial charge in [-0.2, -0.15) is 0 Å². The second-order valence-electron chi connectivity index (χ2n) is 6.14. The topological polar surface area (TPSA) is 54.5 Å². The van der Waals surface area contributed by atoms with E-state index in [2.05, 4.69) is 15.9 Å². The molecular formula is C20H18BrNO3. The molecule has 0 bridgehead atoms. The molecule has 1 aliphatic rings. The van der Waals surface area contributed by atoms with Crippen molar-refractivity contribution in [3.63, 3.8) is 0 Å². The molecule has 128 valence electrons. The molecule has 1 aliphatic heterocycles. The van der Waals surface area contributed by atoms with Gasteiger partial charge in [-0.05, 0) is 37.1 Å².